The molecule has 3 N–H and O–H groups in total. The molecule has 0 aliphatic carbocycles. The molecule has 0 saturated carbocycles. The second kappa shape index (κ2) is 5.69. The Balaban J connectivity index is 2.57. The SMILES string of the molecule is CC1CCC(C(N)=O)CN1C(=O)CNC(C)(C)C. The summed E-state index contributed by atoms with van der Waals surface area (Å²) in [4.78, 5) is 25.1. The average Bonchev–Trinajstić information content (AvgIpc) is 2.25. The van der Waals surface area contributed by atoms with Crippen LogP contribution in [0.5, 0.6) is 0 Å². The van der Waals surface area contributed by atoms with Gasteiger partial charge in [0.2, 0.25) is 11.8 Å². The van der Waals surface area contributed by atoms with Gasteiger partial charge in [0.25, 0.3) is 0 Å². The van der Waals surface area contributed by atoms with Crippen LogP contribution in [0.4, 0.5) is 0 Å². The van der Waals surface area contributed by atoms with Crippen LogP contribution in [-0.2, 0) is 9.59 Å². The van der Waals surface area contributed by atoms with E-state index in [0.29, 0.717) is 13.1 Å². The Morgan fingerprint density at radius 3 is 2.44 bits per heavy atom. The Labute approximate surface area is 109 Å². The van der Waals surface area contributed by atoms with Gasteiger partial charge in [-0.1, -0.05) is 0 Å². The molecule has 0 spiro atoms. The summed E-state index contributed by atoms with van der Waals surface area (Å²) in [5.74, 6) is -0.452. The number of nitrogens with two attached hydrogens (primary N) is 1. The highest BCUT2D eigenvalue weighted by Gasteiger charge is 2.31. The standard InChI is InChI=1S/C13H25N3O2/c1-9-5-6-10(12(14)18)8-16(9)11(17)7-15-13(2,3)4/h9-10,15H,5-8H2,1-4H3,(H2,14,18). The predicted octanol–water partition coefficient (Wildman–Crippen LogP) is 0.487. The maximum atomic E-state index is 12.1. The van der Waals surface area contributed by atoms with Gasteiger partial charge in [-0.05, 0) is 40.5 Å². The lowest BCUT2D eigenvalue weighted by Gasteiger charge is -2.37. The molecule has 0 aromatic rings. The van der Waals surface area contributed by atoms with E-state index >= 15 is 0 Å². The van der Waals surface area contributed by atoms with Crippen LogP contribution in [-0.4, -0.2) is 41.4 Å². The fourth-order valence-corrected chi connectivity index (χ4v) is 2.13. The first-order valence-corrected chi connectivity index (χ1v) is 6.54. The molecule has 1 heterocycles. The number of amides is 2. The number of rotatable bonds is 3. The lowest BCUT2D eigenvalue weighted by Crippen LogP contribution is -2.52. The van der Waals surface area contributed by atoms with E-state index in [4.69, 9.17) is 5.73 Å². The molecule has 2 unspecified atom stereocenters. The zero-order valence-corrected chi connectivity index (χ0v) is 11.8. The third-order valence-electron chi connectivity index (χ3n) is 3.37. The van der Waals surface area contributed by atoms with Gasteiger partial charge < -0.3 is 16.0 Å². The van der Waals surface area contributed by atoms with E-state index in [1.165, 1.54) is 0 Å². The summed E-state index contributed by atoms with van der Waals surface area (Å²) in [6.45, 7) is 8.84. The molecule has 1 aliphatic heterocycles. The highest BCUT2D eigenvalue weighted by molar-refractivity contribution is 5.81. The molecule has 2 atom stereocenters. The molecule has 5 heteroatoms. The summed E-state index contributed by atoms with van der Waals surface area (Å²) in [6, 6.07) is 0.190. The van der Waals surface area contributed by atoms with Gasteiger partial charge in [0.1, 0.15) is 0 Å². The number of hydrogen-bond donors (Lipinski definition) is 2. The van der Waals surface area contributed by atoms with Gasteiger partial charge in [0.15, 0.2) is 0 Å². The number of hydrogen-bond acceptors (Lipinski definition) is 3. The maximum Gasteiger partial charge on any atom is 0.236 e. The van der Waals surface area contributed by atoms with Crippen molar-refractivity contribution in [2.75, 3.05) is 13.1 Å². The summed E-state index contributed by atoms with van der Waals surface area (Å²) in [6.07, 6.45) is 1.63. The Morgan fingerprint density at radius 2 is 1.94 bits per heavy atom. The third kappa shape index (κ3) is 4.29. The van der Waals surface area contributed by atoms with Gasteiger partial charge in [-0.2, -0.15) is 0 Å². The topological polar surface area (TPSA) is 75.4 Å². The smallest absolute Gasteiger partial charge is 0.236 e. The van der Waals surface area contributed by atoms with Crippen molar-refractivity contribution in [2.45, 2.75) is 52.1 Å². The van der Waals surface area contributed by atoms with Crippen LogP contribution in [0, 0.1) is 5.92 Å². The van der Waals surface area contributed by atoms with Crippen molar-refractivity contribution in [2.24, 2.45) is 11.7 Å². The monoisotopic (exact) mass is 255 g/mol. The van der Waals surface area contributed by atoms with Crippen LogP contribution >= 0.6 is 0 Å². The quantitative estimate of drug-likeness (QED) is 0.770. The van der Waals surface area contributed by atoms with Gasteiger partial charge in [0, 0.05) is 18.1 Å². The summed E-state index contributed by atoms with van der Waals surface area (Å²) >= 11 is 0. The first-order chi connectivity index (χ1) is 8.20. The largest absolute Gasteiger partial charge is 0.369 e. The first kappa shape index (κ1) is 15.0. The Kier molecular flexibility index (Phi) is 4.73. The van der Waals surface area contributed by atoms with E-state index in [9.17, 15) is 9.59 Å². The zero-order chi connectivity index (χ0) is 13.9. The normalized spacial score (nSPS) is 25.0. The van der Waals surface area contributed by atoms with Crippen molar-refractivity contribution in [3.8, 4) is 0 Å². The first-order valence-electron chi connectivity index (χ1n) is 6.54. The van der Waals surface area contributed by atoms with E-state index in [-0.39, 0.29) is 29.3 Å². The van der Waals surface area contributed by atoms with E-state index in [2.05, 4.69) is 5.32 Å². The summed E-state index contributed by atoms with van der Waals surface area (Å²) in [7, 11) is 0. The van der Waals surface area contributed by atoms with Crippen molar-refractivity contribution in [1.29, 1.82) is 0 Å². The van der Waals surface area contributed by atoms with Crippen molar-refractivity contribution >= 4 is 11.8 Å². The molecule has 2 amide bonds. The molecule has 0 bridgehead atoms. The highest BCUT2D eigenvalue weighted by atomic mass is 16.2. The van der Waals surface area contributed by atoms with Crippen molar-refractivity contribution in [3.63, 3.8) is 0 Å². The average molecular weight is 255 g/mol. The summed E-state index contributed by atoms with van der Waals surface area (Å²) in [5.41, 5.74) is 5.24. The minimum atomic E-state index is -0.302. The van der Waals surface area contributed by atoms with Crippen LogP contribution in [0.1, 0.15) is 40.5 Å². The molecule has 0 radical (unpaired) electrons. The summed E-state index contributed by atoms with van der Waals surface area (Å²) in [5, 5.41) is 3.18. The molecule has 1 aliphatic rings. The third-order valence-corrected chi connectivity index (χ3v) is 3.37. The van der Waals surface area contributed by atoms with E-state index in [0.717, 1.165) is 12.8 Å². The van der Waals surface area contributed by atoms with Gasteiger partial charge >= 0.3 is 0 Å². The second-order valence-electron chi connectivity index (χ2n) is 6.18. The fraction of sp³-hybridized carbons (Fsp3) is 0.846. The number of carbonyl (C=O) groups is 2. The van der Waals surface area contributed by atoms with Crippen LogP contribution < -0.4 is 11.1 Å². The molecule has 18 heavy (non-hydrogen) atoms. The molecule has 104 valence electrons. The number of piperidine rings is 1. The number of likely N-dealkylation sites (tertiary alicyclic amines) is 1. The van der Waals surface area contributed by atoms with Crippen LogP contribution in [0.25, 0.3) is 0 Å². The molecule has 0 aromatic carbocycles. The lowest BCUT2D eigenvalue weighted by atomic mass is 9.93. The zero-order valence-electron chi connectivity index (χ0n) is 11.8. The molecule has 5 nitrogen and oxygen atoms in total. The van der Waals surface area contributed by atoms with E-state index < -0.39 is 0 Å². The van der Waals surface area contributed by atoms with Crippen molar-refractivity contribution < 1.29 is 9.59 Å². The molecule has 0 aromatic heterocycles. The van der Waals surface area contributed by atoms with Crippen LogP contribution in [0.2, 0.25) is 0 Å². The molecular weight excluding hydrogens is 230 g/mol. The van der Waals surface area contributed by atoms with E-state index in [1.807, 2.05) is 27.7 Å². The van der Waals surface area contributed by atoms with Crippen LogP contribution in [0.15, 0.2) is 0 Å². The van der Waals surface area contributed by atoms with Crippen LogP contribution in [0.3, 0.4) is 0 Å². The Morgan fingerprint density at radius 1 is 1.33 bits per heavy atom. The second-order valence-corrected chi connectivity index (χ2v) is 6.18. The molecular formula is C13H25N3O2. The number of nitrogens with zero attached hydrogens (tertiary/aromatic N) is 1. The number of nitrogens with one attached hydrogen (secondary N) is 1. The minimum Gasteiger partial charge on any atom is -0.369 e. The van der Waals surface area contributed by atoms with E-state index in [1.54, 1.807) is 4.90 Å². The van der Waals surface area contributed by atoms with Crippen molar-refractivity contribution in [3.05, 3.63) is 0 Å². The predicted molar refractivity (Wildman–Crippen MR) is 70.8 cm³/mol. The lowest BCUT2D eigenvalue weighted by molar-refractivity contribution is -0.137. The van der Waals surface area contributed by atoms with Gasteiger partial charge in [-0.25, -0.2) is 0 Å². The molecule has 1 rings (SSSR count). The number of primary amides is 1. The summed E-state index contributed by atoms with van der Waals surface area (Å²) < 4.78 is 0. The Bertz CT molecular complexity index is 323. The van der Waals surface area contributed by atoms with Gasteiger partial charge in [-0.15, -0.1) is 0 Å². The maximum absolute atomic E-state index is 12.1. The Hall–Kier alpha value is -1.10. The highest BCUT2D eigenvalue weighted by Crippen LogP contribution is 2.21. The van der Waals surface area contributed by atoms with Gasteiger partial charge in [-0.3, -0.25) is 9.59 Å². The van der Waals surface area contributed by atoms with Crippen molar-refractivity contribution in [1.82, 2.24) is 10.2 Å². The fourth-order valence-electron chi connectivity index (χ4n) is 2.13. The molecule has 1 fully saturated rings. The van der Waals surface area contributed by atoms with Gasteiger partial charge in [0.05, 0.1) is 12.5 Å². The molecule has 1 saturated heterocycles. The minimum absolute atomic E-state index is 0.0448. The number of carbonyl (C=O) groups excluding carboxylic acids is 2.